The zero-order chi connectivity index (χ0) is 27.6. The molecule has 4 aromatic rings. The van der Waals surface area contributed by atoms with Gasteiger partial charge in [-0.25, -0.2) is 9.59 Å². The Labute approximate surface area is 225 Å². The smallest absolute Gasteiger partial charge is 0.354 e. The van der Waals surface area contributed by atoms with Crippen molar-refractivity contribution in [2.75, 3.05) is 6.61 Å². The number of benzene rings is 3. The Bertz CT molecular complexity index is 1600. The average molecular weight is 523 g/mol. The summed E-state index contributed by atoms with van der Waals surface area (Å²) in [5.74, 6) is -0.636. The summed E-state index contributed by atoms with van der Waals surface area (Å²) in [6.07, 6.45) is 3.40. The number of carbonyl (C=O) groups is 2. The predicted molar refractivity (Wildman–Crippen MR) is 146 cm³/mol. The van der Waals surface area contributed by atoms with Crippen LogP contribution in [0, 0.1) is 11.3 Å². The van der Waals surface area contributed by atoms with Crippen LogP contribution in [0.3, 0.4) is 0 Å². The number of ether oxygens (including phenoxy) is 2. The summed E-state index contributed by atoms with van der Waals surface area (Å²) in [4.78, 5) is 37.7. The molecule has 8 heteroatoms. The van der Waals surface area contributed by atoms with Crippen molar-refractivity contribution in [1.82, 2.24) is 5.32 Å². The summed E-state index contributed by atoms with van der Waals surface area (Å²) in [6, 6.07) is 24.0. The Balaban J connectivity index is 1.44. The van der Waals surface area contributed by atoms with Crippen molar-refractivity contribution in [3.63, 3.8) is 0 Å². The lowest BCUT2D eigenvalue weighted by atomic mass is 10.1. The second kappa shape index (κ2) is 12.9. The van der Waals surface area contributed by atoms with E-state index in [2.05, 4.69) is 12.2 Å². The Morgan fingerprint density at radius 3 is 2.46 bits per heavy atom. The monoisotopic (exact) mass is 522 g/mol. The van der Waals surface area contributed by atoms with E-state index < -0.39 is 17.5 Å². The van der Waals surface area contributed by atoms with Crippen LogP contribution in [0.5, 0.6) is 11.5 Å². The SMILES string of the molecule is CCCCOc1ccc(/C=C(\C#N)C(=O)Oc2ccc3cc(C(=O)NCc4ccccc4)c(=O)oc3c2)cc1. The van der Waals surface area contributed by atoms with Crippen LogP contribution < -0.4 is 20.4 Å². The highest BCUT2D eigenvalue weighted by atomic mass is 16.5. The van der Waals surface area contributed by atoms with Gasteiger partial charge in [0.25, 0.3) is 5.91 Å². The highest BCUT2D eigenvalue weighted by molar-refractivity contribution is 6.00. The molecule has 0 spiro atoms. The molecule has 1 N–H and O–H groups in total. The standard InChI is InChI=1S/C31H26N2O6/c1-2-3-15-37-25-12-9-21(10-13-25)16-24(19-32)30(35)38-26-14-11-23-17-27(31(36)39-28(23)18-26)29(34)33-20-22-7-5-4-6-8-22/h4-14,16-18H,2-3,15,20H2,1H3,(H,33,34)/b24-16+. The van der Waals surface area contributed by atoms with Crippen molar-refractivity contribution in [3.8, 4) is 17.6 Å². The van der Waals surface area contributed by atoms with Gasteiger partial charge in [0, 0.05) is 18.0 Å². The maximum Gasteiger partial charge on any atom is 0.354 e. The van der Waals surface area contributed by atoms with Gasteiger partial charge in [-0.15, -0.1) is 0 Å². The highest BCUT2D eigenvalue weighted by Crippen LogP contribution is 2.22. The summed E-state index contributed by atoms with van der Waals surface area (Å²) in [5, 5.41) is 12.7. The highest BCUT2D eigenvalue weighted by Gasteiger charge is 2.16. The van der Waals surface area contributed by atoms with Crippen LogP contribution >= 0.6 is 0 Å². The van der Waals surface area contributed by atoms with E-state index >= 15 is 0 Å². The van der Waals surface area contributed by atoms with Crippen molar-refractivity contribution in [3.05, 3.63) is 112 Å². The first-order chi connectivity index (χ1) is 19.0. The number of hydrogen-bond acceptors (Lipinski definition) is 7. The van der Waals surface area contributed by atoms with Gasteiger partial charge in [0.1, 0.15) is 34.3 Å². The van der Waals surface area contributed by atoms with E-state index in [0.717, 1.165) is 18.4 Å². The van der Waals surface area contributed by atoms with Crippen LogP contribution in [0.2, 0.25) is 0 Å². The maximum atomic E-state index is 12.6. The van der Waals surface area contributed by atoms with Gasteiger partial charge in [0.05, 0.1) is 6.61 Å². The summed E-state index contributed by atoms with van der Waals surface area (Å²) >= 11 is 0. The first-order valence-electron chi connectivity index (χ1n) is 12.4. The topological polar surface area (TPSA) is 119 Å². The fourth-order valence-corrected chi connectivity index (χ4v) is 3.65. The molecule has 0 fully saturated rings. The third kappa shape index (κ3) is 7.21. The third-order valence-electron chi connectivity index (χ3n) is 5.76. The summed E-state index contributed by atoms with van der Waals surface area (Å²) in [5.41, 5.74) is 0.485. The lowest BCUT2D eigenvalue weighted by molar-refractivity contribution is -0.129. The van der Waals surface area contributed by atoms with Crippen molar-refractivity contribution in [2.24, 2.45) is 0 Å². The van der Waals surface area contributed by atoms with Crippen LogP contribution in [0.4, 0.5) is 0 Å². The Kier molecular flexibility index (Phi) is 8.88. The number of fused-ring (bicyclic) bond motifs is 1. The molecule has 0 aliphatic heterocycles. The van der Waals surface area contributed by atoms with E-state index in [-0.39, 0.29) is 29.0 Å². The molecule has 3 aromatic carbocycles. The van der Waals surface area contributed by atoms with E-state index in [9.17, 15) is 19.6 Å². The molecule has 0 saturated carbocycles. The molecule has 0 atom stereocenters. The lowest BCUT2D eigenvalue weighted by Gasteiger charge is -2.07. The zero-order valence-corrected chi connectivity index (χ0v) is 21.3. The molecule has 0 bridgehead atoms. The molecular formula is C31H26N2O6. The number of esters is 1. The third-order valence-corrected chi connectivity index (χ3v) is 5.76. The number of unbranched alkanes of at least 4 members (excludes halogenated alkanes) is 1. The number of carbonyl (C=O) groups excluding carboxylic acids is 2. The Morgan fingerprint density at radius 2 is 1.74 bits per heavy atom. The lowest BCUT2D eigenvalue weighted by Crippen LogP contribution is -2.27. The maximum absolute atomic E-state index is 12.6. The molecule has 1 aromatic heterocycles. The number of hydrogen-bond donors (Lipinski definition) is 1. The van der Waals surface area contributed by atoms with Gasteiger partial charge < -0.3 is 19.2 Å². The molecule has 0 radical (unpaired) electrons. The molecular weight excluding hydrogens is 496 g/mol. The summed E-state index contributed by atoms with van der Waals surface area (Å²) in [6.45, 7) is 2.96. The van der Waals surface area contributed by atoms with Crippen molar-refractivity contribution in [1.29, 1.82) is 5.26 Å². The van der Waals surface area contributed by atoms with Gasteiger partial charge in [-0.2, -0.15) is 5.26 Å². The van der Waals surface area contributed by atoms with E-state index in [1.54, 1.807) is 30.3 Å². The number of rotatable bonds is 10. The van der Waals surface area contributed by atoms with Gasteiger partial charge in [0.2, 0.25) is 0 Å². The largest absolute Gasteiger partial charge is 0.494 e. The van der Waals surface area contributed by atoms with Crippen molar-refractivity contribution in [2.45, 2.75) is 26.3 Å². The normalized spacial score (nSPS) is 11.0. The second-order valence-electron chi connectivity index (χ2n) is 8.65. The fourth-order valence-electron chi connectivity index (χ4n) is 3.65. The molecule has 0 unspecified atom stereocenters. The van der Waals surface area contributed by atoms with Gasteiger partial charge in [-0.1, -0.05) is 55.8 Å². The molecule has 1 heterocycles. The Hall–Kier alpha value is -5.16. The first-order valence-corrected chi connectivity index (χ1v) is 12.4. The molecule has 0 aliphatic rings. The fraction of sp³-hybridized carbons (Fsp3) is 0.161. The molecule has 0 aliphatic carbocycles. The van der Waals surface area contributed by atoms with E-state index in [1.807, 2.05) is 36.4 Å². The molecule has 4 rings (SSSR count). The predicted octanol–water partition coefficient (Wildman–Crippen LogP) is 5.41. The second-order valence-corrected chi connectivity index (χ2v) is 8.65. The minimum Gasteiger partial charge on any atom is -0.494 e. The minimum atomic E-state index is -0.862. The number of nitriles is 1. The summed E-state index contributed by atoms with van der Waals surface area (Å²) in [7, 11) is 0. The van der Waals surface area contributed by atoms with E-state index in [4.69, 9.17) is 13.9 Å². The van der Waals surface area contributed by atoms with Gasteiger partial charge in [0.15, 0.2) is 0 Å². The quantitative estimate of drug-likeness (QED) is 0.0738. The minimum absolute atomic E-state index is 0.0813. The van der Waals surface area contributed by atoms with Crippen LogP contribution in [0.15, 0.2) is 93.6 Å². The first kappa shape index (κ1) is 26.9. The molecule has 196 valence electrons. The van der Waals surface area contributed by atoms with Crippen LogP contribution in [0.25, 0.3) is 17.0 Å². The van der Waals surface area contributed by atoms with Crippen LogP contribution in [-0.2, 0) is 11.3 Å². The zero-order valence-electron chi connectivity index (χ0n) is 21.3. The van der Waals surface area contributed by atoms with Crippen molar-refractivity contribution >= 4 is 28.9 Å². The van der Waals surface area contributed by atoms with Crippen LogP contribution in [0.1, 0.15) is 41.3 Å². The number of amides is 1. The molecule has 8 nitrogen and oxygen atoms in total. The summed E-state index contributed by atoms with van der Waals surface area (Å²) < 4.78 is 16.3. The van der Waals surface area contributed by atoms with Crippen molar-refractivity contribution < 1.29 is 23.5 Å². The van der Waals surface area contributed by atoms with E-state index in [0.29, 0.717) is 23.3 Å². The average Bonchev–Trinajstić information content (AvgIpc) is 2.95. The van der Waals surface area contributed by atoms with Crippen LogP contribution in [-0.4, -0.2) is 18.5 Å². The Morgan fingerprint density at radius 1 is 1.00 bits per heavy atom. The van der Waals surface area contributed by atoms with Gasteiger partial charge >= 0.3 is 11.6 Å². The number of nitrogens with one attached hydrogen (secondary N) is 1. The van der Waals surface area contributed by atoms with E-state index in [1.165, 1.54) is 24.3 Å². The molecule has 0 saturated heterocycles. The number of nitrogens with zero attached hydrogens (tertiary/aromatic N) is 1. The molecule has 39 heavy (non-hydrogen) atoms. The van der Waals surface area contributed by atoms with Gasteiger partial charge in [-0.3, -0.25) is 4.79 Å². The van der Waals surface area contributed by atoms with Gasteiger partial charge in [-0.05, 0) is 54.0 Å². The molecule has 1 amide bonds.